The highest BCUT2D eigenvalue weighted by molar-refractivity contribution is 9.10. The van der Waals surface area contributed by atoms with Gasteiger partial charge in [-0.1, -0.05) is 34.1 Å². The monoisotopic (exact) mass is 373 g/mol. The van der Waals surface area contributed by atoms with Crippen LogP contribution < -0.4 is 0 Å². The molecule has 0 spiro atoms. The lowest BCUT2D eigenvalue weighted by atomic mass is 10.1. The number of fused-ring (bicyclic) bond motifs is 1. The SMILES string of the molecule is O=C(OCCN1C(=O)c2ccccc2C1=O)c1cccc(Br)c1. The maximum absolute atomic E-state index is 12.2. The summed E-state index contributed by atoms with van der Waals surface area (Å²) in [4.78, 5) is 37.3. The molecule has 0 atom stereocenters. The van der Waals surface area contributed by atoms with Crippen molar-refractivity contribution in [3.8, 4) is 0 Å². The van der Waals surface area contributed by atoms with Crippen LogP contribution in [0.15, 0.2) is 53.0 Å². The second kappa shape index (κ2) is 6.34. The van der Waals surface area contributed by atoms with Crippen molar-refractivity contribution in [2.75, 3.05) is 13.2 Å². The van der Waals surface area contributed by atoms with Crippen LogP contribution in [0.2, 0.25) is 0 Å². The van der Waals surface area contributed by atoms with Gasteiger partial charge in [0.05, 0.1) is 23.2 Å². The third-order valence-corrected chi connectivity index (χ3v) is 3.98. The second-order valence-electron chi connectivity index (χ2n) is 4.95. The highest BCUT2D eigenvalue weighted by Crippen LogP contribution is 2.22. The second-order valence-corrected chi connectivity index (χ2v) is 5.87. The van der Waals surface area contributed by atoms with Gasteiger partial charge in [0.2, 0.25) is 0 Å². The molecule has 0 N–H and O–H groups in total. The smallest absolute Gasteiger partial charge is 0.338 e. The van der Waals surface area contributed by atoms with Crippen LogP contribution in [0.3, 0.4) is 0 Å². The first-order chi connectivity index (χ1) is 11.1. The molecular formula is C17H12BrNO4. The Kier molecular flexibility index (Phi) is 4.25. The highest BCUT2D eigenvalue weighted by atomic mass is 79.9. The average Bonchev–Trinajstić information content (AvgIpc) is 2.80. The summed E-state index contributed by atoms with van der Waals surface area (Å²) in [6.45, 7) is -0.0110. The van der Waals surface area contributed by atoms with Gasteiger partial charge in [-0.05, 0) is 30.3 Å². The molecule has 0 unspecified atom stereocenters. The Hall–Kier alpha value is -2.47. The largest absolute Gasteiger partial charge is 0.460 e. The lowest BCUT2D eigenvalue weighted by molar-refractivity contribution is 0.0420. The number of imide groups is 1. The molecule has 0 radical (unpaired) electrons. The standard InChI is InChI=1S/C17H12BrNO4/c18-12-5-3-4-11(10-12)17(22)23-9-8-19-15(20)13-6-1-2-7-14(13)16(19)21/h1-7,10H,8-9H2. The maximum atomic E-state index is 12.2. The van der Waals surface area contributed by atoms with Gasteiger partial charge in [-0.2, -0.15) is 0 Å². The van der Waals surface area contributed by atoms with Crippen LogP contribution in [0.1, 0.15) is 31.1 Å². The van der Waals surface area contributed by atoms with Gasteiger partial charge in [-0.15, -0.1) is 0 Å². The third-order valence-electron chi connectivity index (χ3n) is 3.49. The zero-order valence-corrected chi connectivity index (χ0v) is 13.6. The van der Waals surface area contributed by atoms with Gasteiger partial charge in [0.15, 0.2) is 0 Å². The van der Waals surface area contributed by atoms with Crippen LogP contribution in [-0.4, -0.2) is 35.8 Å². The molecule has 0 aromatic heterocycles. The fourth-order valence-corrected chi connectivity index (χ4v) is 2.77. The molecule has 0 saturated heterocycles. The van der Waals surface area contributed by atoms with Gasteiger partial charge in [0.1, 0.15) is 6.61 Å². The van der Waals surface area contributed by atoms with E-state index >= 15 is 0 Å². The first-order valence-corrected chi connectivity index (χ1v) is 7.75. The summed E-state index contributed by atoms with van der Waals surface area (Å²) < 4.78 is 5.91. The highest BCUT2D eigenvalue weighted by Gasteiger charge is 2.34. The molecule has 5 nitrogen and oxygen atoms in total. The average molecular weight is 374 g/mol. The quantitative estimate of drug-likeness (QED) is 0.610. The lowest BCUT2D eigenvalue weighted by Gasteiger charge is -2.13. The zero-order chi connectivity index (χ0) is 16.4. The number of amides is 2. The Morgan fingerprint density at radius 3 is 2.26 bits per heavy atom. The first-order valence-electron chi connectivity index (χ1n) is 6.96. The lowest BCUT2D eigenvalue weighted by Crippen LogP contribution is -2.33. The summed E-state index contributed by atoms with van der Waals surface area (Å²) in [6, 6.07) is 13.5. The number of hydrogen-bond donors (Lipinski definition) is 0. The Balaban J connectivity index is 1.61. The van der Waals surface area contributed by atoms with Crippen molar-refractivity contribution in [3.05, 3.63) is 69.7 Å². The molecule has 0 bridgehead atoms. The number of ether oxygens (including phenoxy) is 1. The molecule has 23 heavy (non-hydrogen) atoms. The number of carbonyl (C=O) groups excluding carboxylic acids is 3. The minimum absolute atomic E-state index is 0.0338. The van der Waals surface area contributed by atoms with Crippen molar-refractivity contribution in [1.82, 2.24) is 4.90 Å². The van der Waals surface area contributed by atoms with Crippen molar-refractivity contribution >= 4 is 33.7 Å². The molecule has 2 aromatic carbocycles. The number of carbonyl (C=O) groups is 3. The minimum atomic E-state index is -0.497. The van der Waals surface area contributed by atoms with Crippen molar-refractivity contribution in [3.63, 3.8) is 0 Å². The molecule has 116 valence electrons. The first kappa shape index (κ1) is 15.4. The molecule has 1 heterocycles. The summed E-state index contributed by atoms with van der Waals surface area (Å²) in [5.41, 5.74) is 1.17. The zero-order valence-electron chi connectivity index (χ0n) is 12.0. The van der Waals surface area contributed by atoms with E-state index in [9.17, 15) is 14.4 Å². The Morgan fingerprint density at radius 1 is 1.00 bits per heavy atom. The van der Waals surface area contributed by atoms with Gasteiger partial charge in [0.25, 0.3) is 11.8 Å². The fourth-order valence-electron chi connectivity index (χ4n) is 2.37. The van der Waals surface area contributed by atoms with E-state index in [1.807, 2.05) is 0 Å². The molecule has 6 heteroatoms. The predicted molar refractivity (Wildman–Crippen MR) is 86.2 cm³/mol. The van der Waals surface area contributed by atoms with E-state index < -0.39 is 5.97 Å². The fraction of sp³-hybridized carbons (Fsp3) is 0.118. The van der Waals surface area contributed by atoms with Crippen LogP contribution in [0.25, 0.3) is 0 Å². The van der Waals surface area contributed by atoms with E-state index in [-0.39, 0.29) is 25.0 Å². The molecule has 0 saturated carbocycles. The summed E-state index contributed by atoms with van der Waals surface area (Å²) in [5, 5.41) is 0. The summed E-state index contributed by atoms with van der Waals surface area (Å²) in [7, 11) is 0. The van der Waals surface area contributed by atoms with E-state index in [0.29, 0.717) is 16.7 Å². The Bertz CT molecular complexity index is 768. The van der Waals surface area contributed by atoms with E-state index in [1.54, 1.807) is 48.5 Å². The Morgan fingerprint density at radius 2 is 1.65 bits per heavy atom. The molecule has 0 fully saturated rings. The van der Waals surface area contributed by atoms with Gasteiger partial charge >= 0.3 is 5.97 Å². The third kappa shape index (κ3) is 3.03. The summed E-state index contributed by atoms with van der Waals surface area (Å²) in [6.07, 6.45) is 0. The number of benzene rings is 2. The minimum Gasteiger partial charge on any atom is -0.460 e. The Labute approximate surface area is 141 Å². The van der Waals surface area contributed by atoms with Crippen molar-refractivity contribution < 1.29 is 19.1 Å². The summed E-state index contributed by atoms with van der Waals surface area (Å²) >= 11 is 3.28. The van der Waals surface area contributed by atoms with Crippen molar-refractivity contribution in [1.29, 1.82) is 0 Å². The van der Waals surface area contributed by atoms with Crippen LogP contribution in [-0.2, 0) is 4.74 Å². The molecule has 2 aromatic rings. The van der Waals surface area contributed by atoms with Crippen molar-refractivity contribution in [2.45, 2.75) is 0 Å². The molecule has 0 aliphatic carbocycles. The van der Waals surface area contributed by atoms with Gasteiger partial charge in [0, 0.05) is 4.47 Å². The topological polar surface area (TPSA) is 63.7 Å². The number of esters is 1. The number of rotatable bonds is 4. The molecule has 2 amide bonds. The van der Waals surface area contributed by atoms with Gasteiger partial charge in [-0.25, -0.2) is 4.79 Å². The van der Waals surface area contributed by atoms with Gasteiger partial charge < -0.3 is 4.74 Å². The van der Waals surface area contributed by atoms with E-state index in [2.05, 4.69) is 15.9 Å². The van der Waals surface area contributed by atoms with Crippen LogP contribution in [0.4, 0.5) is 0 Å². The van der Waals surface area contributed by atoms with Crippen LogP contribution >= 0.6 is 15.9 Å². The molecular weight excluding hydrogens is 362 g/mol. The van der Waals surface area contributed by atoms with Crippen LogP contribution in [0, 0.1) is 0 Å². The predicted octanol–water partition coefficient (Wildman–Crippen LogP) is 2.90. The van der Waals surface area contributed by atoms with E-state index in [1.165, 1.54) is 0 Å². The molecule has 1 aliphatic heterocycles. The molecule has 3 rings (SSSR count). The van der Waals surface area contributed by atoms with E-state index in [4.69, 9.17) is 4.74 Å². The molecule has 1 aliphatic rings. The summed E-state index contributed by atoms with van der Waals surface area (Å²) in [5.74, 6) is -1.21. The number of nitrogens with zero attached hydrogens (tertiary/aromatic N) is 1. The maximum Gasteiger partial charge on any atom is 0.338 e. The van der Waals surface area contributed by atoms with Crippen molar-refractivity contribution in [2.24, 2.45) is 0 Å². The van der Waals surface area contributed by atoms with E-state index in [0.717, 1.165) is 9.37 Å². The van der Waals surface area contributed by atoms with Gasteiger partial charge in [-0.3, -0.25) is 14.5 Å². The number of hydrogen-bond acceptors (Lipinski definition) is 4. The normalized spacial score (nSPS) is 13.2. The number of halogens is 1. The van der Waals surface area contributed by atoms with Crippen LogP contribution in [0.5, 0.6) is 0 Å².